The van der Waals surface area contributed by atoms with Crippen LogP contribution in [0.4, 0.5) is 26.0 Å². The number of para-hydroxylation sites is 1. The summed E-state index contributed by atoms with van der Waals surface area (Å²) in [5.74, 6) is 0.787. The minimum absolute atomic E-state index is 0.229. The van der Waals surface area contributed by atoms with E-state index < -0.39 is 11.6 Å². The Bertz CT molecular complexity index is 1260. The molecule has 0 unspecified atom stereocenters. The van der Waals surface area contributed by atoms with Crippen molar-refractivity contribution < 1.29 is 8.78 Å². The molecule has 0 amide bonds. The van der Waals surface area contributed by atoms with Crippen LogP contribution in [-0.2, 0) is 6.54 Å². The highest BCUT2D eigenvalue weighted by molar-refractivity contribution is 6.04. The fourth-order valence-corrected chi connectivity index (χ4v) is 4.65. The van der Waals surface area contributed by atoms with Crippen molar-refractivity contribution in [2.24, 2.45) is 15.9 Å². The van der Waals surface area contributed by atoms with E-state index in [9.17, 15) is 8.78 Å². The molecular formula is C28H31F2N7. The highest BCUT2D eigenvalue weighted by Gasteiger charge is 2.29. The first-order chi connectivity index (χ1) is 18.1. The molecule has 192 valence electrons. The van der Waals surface area contributed by atoms with E-state index in [2.05, 4.69) is 37.6 Å². The summed E-state index contributed by atoms with van der Waals surface area (Å²) in [4.78, 5) is 17.9. The Kier molecular flexibility index (Phi) is 7.79. The summed E-state index contributed by atoms with van der Waals surface area (Å²) in [5.41, 5.74) is 3.45. The van der Waals surface area contributed by atoms with Gasteiger partial charge in [-0.3, -0.25) is 15.0 Å². The summed E-state index contributed by atoms with van der Waals surface area (Å²) in [7, 11) is 0. The van der Waals surface area contributed by atoms with E-state index in [1.165, 1.54) is 18.2 Å². The standard InChI is InChI=1S/C28H31F2N7/c1-31-24-17-33-16-21(20-5-6-20)26(24)28(35-14-18-7-10-32-11-8-18)36-15-19-9-12-34-25(13-19)37-27-22(29)3-2-4-23(27)30/h2-4,9,12-13,16-18,20,32H,1,5-8,10-11,14-15H2,(H,34,37)(H,35,36). The monoisotopic (exact) mass is 503 g/mol. The second kappa shape index (κ2) is 11.6. The highest BCUT2D eigenvalue weighted by atomic mass is 19.1. The molecular weight excluding hydrogens is 472 g/mol. The Morgan fingerprint density at radius 2 is 1.86 bits per heavy atom. The SMILES string of the molecule is C=Nc1cncc(C2CC2)c1C(=NCc1ccnc(Nc2c(F)cccc2F)c1)NCC1CCNCC1. The van der Waals surface area contributed by atoms with E-state index in [1.54, 1.807) is 18.5 Å². The Hall–Kier alpha value is -3.72. The van der Waals surface area contributed by atoms with Gasteiger partial charge >= 0.3 is 0 Å². The van der Waals surface area contributed by atoms with Crippen molar-refractivity contribution in [3.05, 3.63) is 77.2 Å². The van der Waals surface area contributed by atoms with Crippen LogP contribution in [0, 0.1) is 17.6 Å². The van der Waals surface area contributed by atoms with Crippen LogP contribution < -0.4 is 16.0 Å². The van der Waals surface area contributed by atoms with Crippen LogP contribution in [0.3, 0.4) is 0 Å². The van der Waals surface area contributed by atoms with Gasteiger partial charge in [0.15, 0.2) is 0 Å². The van der Waals surface area contributed by atoms with Crippen molar-refractivity contribution in [2.45, 2.75) is 38.1 Å². The average Bonchev–Trinajstić information content (AvgIpc) is 3.77. The van der Waals surface area contributed by atoms with Gasteiger partial charge in [-0.25, -0.2) is 13.8 Å². The highest BCUT2D eigenvalue weighted by Crippen LogP contribution is 2.43. The first kappa shape index (κ1) is 25.0. The molecule has 37 heavy (non-hydrogen) atoms. The number of hydrogen-bond donors (Lipinski definition) is 3. The van der Waals surface area contributed by atoms with Crippen molar-refractivity contribution in [3.8, 4) is 0 Å². The second-order valence-electron chi connectivity index (χ2n) is 9.57. The van der Waals surface area contributed by atoms with Gasteiger partial charge in [-0.15, -0.1) is 0 Å². The van der Waals surface area contributed by atoms with Crippen LogP contribution in [0.5, 0.6) is 0 Å². The predicted molar refractivity (Wildman–Crippen MR) is 143 cm³/mol. The molecule has 2 aliphatic rings. The molecule has 1 aromatic carbocycles. The Morgan fingerprint density at radius 3 is 2.59 bits per heavy atom. The summed E-state index contributed by atoms with van der Waals surface area (Å²) in [6.07, 6.45) is 9.74. The largest absolute Gasteiger partial charge is 0.370 e. The number of aliphatic imine (C=N–C) groups is 2. The van der Waals surface area contributed by atoms with Gasteiger partial charge in [-0.2, -0.15) is 0 Å². The van der Waals surface area contributed by atoms with Crippen molar-refractivity contribution in [1.29, 1.82) is 0 Å². The lowest BCUT2D eigenvalue weighted by molar-refractivity contribution is 0.372. The Labute approximate surface area is 215 Å². The molecule has 2 fully saturated rings. The second-order valence-corrected chi connectivity index (χ2v) is 9.57. The molecule has 1 saturated carbocycles. The van der Waals surface area contributed by atoms with Crippen LogP contribution in [0.2, 0.25) is 0 Å². The van der Waals surface area contributed by atoms with Gasteiger partial charge in [0.1, 0.15) is 29.0 Å². The topological polar surface area (TPSA) is 86.6 Å². The van der Waals surface area contributed by atoms with Gasteiger partial charge in [0.05, 0.1) is 18.4 Å². The number of aromatic nitrogens is 2. The fraction of sp³-hybridized carbons (Fsp3) is 0.357. The number of anilines is 2. The molecule has 1 aliphatic heterocycles. The maximum Gasteiger partial charge on any atom is 0.149 e. The van der Waals surface area contributed by atoms with Crippen LogP contribution in [0.15, 0.2) is 58.9 Å². The summed E-state index contributed by atoms with van der Waals surface area (Å²) in [6.45, 7) is 6.99. The Morgan fingerprint density at radius 1 is 1.08 bits per heavy atom. The third kappa shape index (κ3) is 6.17. The lowest BCUT2D eigenvalue weighted by atomic mass is 9.97. The predicted octanol–water partition coefficient (Wildman–Crippen LogP) is 5.24. The molecule has 7 nitrogen and oxygen atoms in total. The van der Waals surface area contributed by atoms with Crippen molar-refractivity contribution in [3.63, 3.8) is 0 Å². The number of pyridine rings is 2. The normalized spacial score (nSPS) is 16.4. The number of halogens is 2. The molecule has 3 aromatic rings. The number of piperidine rings is 1. The minimum Gasteiger partial charge on any atom is -0.370 e. The number of rotatable bonds is 9. The van der Waals surface area contributed by atoms with Gasteiger partial charge < -0.3 is 16.0 Å². The van der Waals surface area contributed by atoms with Crippen LogP contribution in [0.25, 0.3) is 0 Å². The molecule has 5 rings (SSSR count). The third-order valence-corrected chi connectivity index (χ3v) is 6.86. The van der Waals surface area contributed by atoms with E-state index in [-0.39, 0.29) is 5.69 Å². The molecule has 0 atom stereocenters. The molecule has 1 aliphatic carbocycles. The van der Waals surface area contributed by atoms with Crippen LogP contribution in [-0.4, -0.2) is 42.2 Å². The number of nitrogens with zero attached hydrogens (tertiary/aromatic N) is 4. The van der Waals surface area contributed by atoms with Crippen molar-refractivity contribution in [2.75, 3.05) is 25.0 Å². The maximum atomic E-state index is 14.1. The van der Waals surface area contributed by atoms with Crippen LogP contribution in [0.1, 0.15) is 48.3 Å². The quantitative estimate of drug-likeness (QED) is 0.275. The summed E-state index contributed by atoms with van der Waals surface area (Å²) in [6, 6.07) is 7.33. The first-order valence-corrected chi connectivity index (χ1v) is 12.7. The van der Waals surface area contributed by atoms with Gasteiger partial charge in [-0.1, -0.05) is 6.07 Å². The molecule has 3 heterocycles. The summed E-state index contributed by atoms with van der Waals surface area (Å²) in [5, 5.41) is 9.79. The molecule has 0 bridgehead atoms. The lowest BCUT2D eigenvalue weighted by Gasteiger charge is -2.24. The number of amidine groups is 1. The summed E-state index contributed by atoms with van der Waals surface area (Å²) >= 11 is 0. The number of benzene rings is 1. The smallest absolute Gasteiger partial charge is 0.149 e. The maximum absolute atomic E-state index is 14.1. The molecule has 1 saturated heterocycles. The van der Waals surface area contributed by atoms with Gasteiger partial charge in [0, 0.05) is 24.5 Å². The zero-order chi connectivity index (χ0) is 25.6. The molecule has 3 N–H and O–H groups in total. The molecule has 0 spiro atoms. The van der Waals surface area contributed by atoms with E-state index in [0.29, 0.717) is 29.9 Å². The fourth-order valence-electron chi connectivity index (χ4n) is 4.65. The summed E-state index contributed by atoms with van der Waals surface area (Å²) < 4.78 is 28.2. The van der Waals surface area contributed by atoms with E-state index in [1.807, 2.05) is 12.3 Å². The van der Waals surface area contributed by atoms with Crippen molar-refractivity contribution in [1.82, 2.24) is 20.6 Å². The van der Waals surface area contributed by atoms with Crippen LogP contribution >= 0.6 is 0 Å². The van der Waals surface area contributed by atoms with Gasteiger partial charge in [0.2, 0.25) is 0 Å². The zero-order valence-corrected chi connectivity index (χ0v) is 20.7. The van der Waals surface area contributed by atoms with Crippen molar-refractivity contribution >= 4 is 29.7 Å². The average molecular weight is 504 g/mol. The van der Waals surface area contributed by atoms with Gasteiger partial charge in [-0.05, 0) is 92.7 Å². The third-order valence-electron chi connectivity index (χ3n) is 6.86. The Balaban J connectivity index is 1.42. The van der Waals surface area contributed by atoms with E-state index in [0.717, 1.165) is 67.8 Å². The molecule has 2 aromatic heterocycles. The lowest BCUT2D eigenvalue weighted by Crippen LogP contribution is -2.36. The van der Waals surface area contributed by atoms with Gasteiger partial charge in [0.25, 0.3) is 0 Å². The molecule has 9 heteroatoms. The number of hydrogen-bond acceptors (Lipinski definition) is 6. The first-order valence-electron chi connectivity index (χ1n) is 12.7. The van der Waals surface area contributed by atoms with E-state index >= 15 is 0 Å². The zero-order valence-electron chi connectivity index (χ0n) is 20.7. The minimum atomic E-state index is -0.677. The molecule has 0 radical (unpaired) electrons. The van der Waals surface area contributed by atoms with E-state index in [4.69, 9.17) is 4.99 Å². The number of nitrogens with one attached hydrogen (secondary N) is 3.